The smallest absolute Gasteiger partial charge is 0.377 e. The first-order valence-corrected chi connectivity index (χ1v) is 10.1. The molecule has 2 aromatic carbocycles. The lowest BCUT2D eigenvalue weighted by Crippen LogP contribution is -2.67. The molecule has 1 N–H and O–H groups in total. The number of Topliss-reactive ketones (excluding diaryl/α,β-unsaturated/α-hetero) is 2. The average Bonchev–Trinajstić information content (AvgIpc) is 3.05. The van der Waals surface area contributed by atoms with Gasteiger partial charge in [-0.2, -0.15) is 0 Å². The van der Waals surface area contributed by atoms with E-state index in [4.69, 9.17) is 16.3 Å². The first-order valence-electron chi connectivity index (χ1n) is 9.69. The van der Waals surface area contributed by atoms with Gasteiger partial charge in [-0.25, -0.2) is 14.8 Å². The topological polar surface area (TPSA) is 91.3 Å². The van der Waals surface area contributed by atoms with Gasteiger partial charge in [-0.3, -0.25) is 15.0 Å². The Morgan fingerprint density at radius 2 is 1.74 bits per heavy atom. The number of amidine groups is 1. The second-order valence-electron chi connectivity index (χ2n) is 7.03. The number of benzene rings is 2. The molecule has 0 aromatic heterocycles. The summed E-state index contributed by atoms with van der Waals surface area (Å²) in [5.74, 6) is -2.05. The van der Waals surface area contributed by atoms with E-state index in [1.54, 1.807) is 37.3 Å². The van der Waals surface area contributed by atoms with E-state index in [0.29, 0.717) is 16.4 Å². The molecular weight excluding hydrogens is 420 g/mol. The van der Waals surface area contributed by atoms with Crippen LogP contribution in [0, 0.1) is 6.92 Å². The van der Waals surface area contributed by atoms with Gasteiger partial charge in [0.2, 0.25) is 0 Å². The van der Waals surface area contributed by atoms with Crippen LogP contribution in [0.5, 0.6) is 0 Å². The van der Waals surface area contributed by atoms with Crippen molar-refractivity contribution in [3.63, 3.8) is 0 Å². The fraction of sp³-hybridized carbons (Fsp3) is 0.273. The van der Waals surface area contributed by atoms with Crippen LogP contribution in [0.25, 0.3) is 0 Å². The van der Waals surface area contributed by atoms with E-state index in [9.17, 15) is 14.4 Å². The number of halogens is 1. The maximum absolute atomic E-state index is 13.1. The average molecular weight is 443 g/mol. The first kappa shape index (κ1) is 22.3. The van der Waals surface area contributed by atoms with Gasteiger partial charge in [0, 0.05) is 5.02 Å². The predicted molar refractivity (Wildman–Crippen MR) is 119 cm³/mol. The molecule has 0 saturated heterocycles. The van der Waals surface area contributed by atoms with E-state index in [1.807, 2.05) is 25.1 Å². The Morgan fingerprint density at radius 1 is 1.10 bits per heavy atom. The summed E-state index contributed by atoms with van der Waals surface area (Å²) in [6, 6.07) is 13.7. The van der Waals surface area contributed by atoms with Crippen molar-refractivity contribution in [2.75, 3.05) is 17.0 Å². The molecular formula is C22H23ClN4O4. The van der Waals surface area contributed by atoms with Crippen molar-refractivity contribution in [2.45, 2.75) is 33.4 Å². The van der Waals surface area contributed by atoms with Crippen molar-refractivity contribution in [2.24, 2.45) is 5.10 Å². The highest BCUT2D eigenvalue weighted by Gasteiger charge is 2.59. The van der Waals surface area contributed by atoms with E-state index >= 15 is 0 Å². The van der Waals surface area contributed by atoms with Crippen LogP contribution < -0.4 is 10.4 Å². The third-order valence-electron chi connectivity index (χ3n) is 4.81. The minimum atomic E-state index is -1.94. The number of carbonyl (C=O) groups excluding carboxylic acids is 3. The van der Waals surface area contributed by atoms with Crippen LogP contribution in [0.3, 0.4) is 0 Å². The zero-order valence-corrected chi connectivity index (χ0v) is 18.4. The van der Waals surface area contributed by atoms with Gasteiger partial charge < -0.3 is 4.74 Å². The van der Waals surface area contributed by atoms with Crippen molar-refractivity contribution in [3.05, 3.63) is 59.1 Å². The van der Waals surface area contributed by atoms with Gasteiger partial charge in [0.15, 0.2) is 11.6 Å². The van der Waals surface area contributed by atoms with Gasteiger partial charge in [0.25, 0.3) is 11.5 Å². The maximum atomic E-state index is 13.1. The quantitative estimate of drug-likeness (QED) is 0.517. The monoisotopic (exact) mass is 442 g/mol. The summed E-state index contributed by atoms with van der Waals surface area (Å²) in [6.45, 7) is 6.21. The molecule has 0 radical (unpaired) electrons. The standard InChI is InChI=1S/C22H23ClN4O4/c1-5-31-21(30)20-25-26(19-11-9-17(23)10-12-19)22(15(3)28,16(4)29)27(20)24-18-8-6-7-14(2)13-18/h6-13,24H,5H2,1-4H3. The summed E-state index contributed by atoms with van der Waals surface area (Å²) >= 11 is 6.00. The number of hydrazine groups is 1. The lowest BCUT2D eigenvalue weighted by Gasteiger charge is -2.40. The maximum Gasteiger partial charge on any atom is 0.377 e. The SMILES string of the molecule is CCOC(=O)C1=NN(c2ccc(Cl)cc2)C(C(C)=O)(C(C)=O)N1Nc1cccc(C)c1. The molecule has 2 aromatic rings. The van der Waals surface area contributed by atoms with Crippen molar-refractivity contribution < 1.29 is 19.1 Å². The summed E-state index contributed by atoms with van der Waals surface area (Å²) in [6.07, 6.45) is 0. The van der Waals surface area contributed by atoms with E-state index < -0.39 is 23.2 Å². The number of hydrogen-bond acceptors (Lipinski definition) is 8. The molecule has 0 fully saturated rings. The van der Waals surface area contributed by atoms with Crippen molar-refractivity contribution >= 4 is 46.3 Å². The summed E-state index contributed by atoms with van der Waals surface area (Å²) in [4.78, 5) is 38.9. The second-order valence-corrected chi connectivity index (χ2v) is 7.47. The van der Waals surface area contributed by atoms with E-state index in [2.05, 4.69) is 10.5 Å². The Hall–Kier alpha value is -3.39. The number of hydrogen-bond donors (Lipinski definition) is 1. The summed E-state index contributed by atoms with van der Waals surface area (Å²) < 4.78 is 5.15. The molecule has 0 saturated carbocycles. The number of ether oxygens (including phenoxy) is 1. The van der Waals surface area contributed by atoms with Gasteiger partial charge >= 0.3 is 5.97 Å². The lowest BCUT2D eigenvalue weighted by molar-refractivity contribution is -0.138. The highest BCUT2D eigenvalue weighted by molar-refractivity contribution is 6.39. The highest BCUT2D eigenvalue weighted by atomic mass is 35.5. The van der Waals surface area contributed by atoms with Crippen LogP contribution in [-0.2, 0) is 19.1 Å². The van der Waals surface area contributed by atoms with Crippen molar-refractivity contribution in [1.29, 1.82) is 0 Å². The number of nitrogens with zero attached hydrogens (tertiary/aromatic N) is 3. The van der Waals surface area contributed by atoms with Gasteiger partial charge in [0.05, 0.1) is 18.0 Å². The van der Waals surface area contributed by atoms with Crippen LogP contribution in [0.2, 0.25) is 5.02 Å². The Bertz CT molecular complexity index is 1040. The molecule has 9 heteroatoms. The van der Waals surface area contributed by atoms with E-state index in [0.717, 1.165) is 5.56 Å². The normalized spacial score (nSPS) is 14.8. The molecule has 1 aliphatic rings. The molecule has 1 heterocycles. The molecule has 3 rings (SSSR count). The fourth-order valence-corrected chi connectivity index (χ4v) is 3.58. The zero-order valence-electron chi connectivity index (χ0n) is 17.7. The second kappa shape index (κ2) is 8.77. The number of nitrogens with one attached hydrogen (secondary N) is 1. The molecule has 0 atom stereocenters. The number of ketones is 2. The third kappa shape index (κ3) is 3.98. The predicted octanol–water partition coefficient (Wildman–Crippen LogP) is 3.55. The molecule has 0 unspecified atom stereocenters. The van der Waals surface area contributed by atoms with Gasteiger partial charge in [0.1, 0.15) is 0 Å². The Balaban J connectivity index is 2.22. The van der Waals surface area contributed by atoms with Gasteiger partial charge in [-0.15, -0.1) is 5.10 Å². The molecule has 0 bridgehead atoms. The number of esters is 1. The Labute approximate surface area is 185 Å². The van der Waals surface area contributed by atoms with Crippen LogP contribution in [0.15, 0.2) is 53.6 Å². The number of carbonyl (C=O) groups is 3. The lowest BCUT2D eigenvalue weighted by atomic mass is 9.98. The van der Waals surface area contributed by atoms with E-state index in [-0.39, 0.29) is 12.4 Å². The molecule has 162 valence electrons. The number of anilines is 2. The molecule has 1 aliphatic heterocycles. The number of aryl methyl sites for hydroxylation is 1. The molecule has 31 heavy (non-hydrogen) atoms. The van der Waals surface area contributed by atoms with Crippen LogP contribution >= 0.6 is 11.6 Å². The molecule has 8 nitrogen and oxygen atoms in total. The Kier molecular flexibility index (Phi) is 6.31. The molecule has 0 spiro atoms. The summed E-state index contributed by atoms with van der Waals surface area (Å²) in [5, 5.41) is 7.24. The van der Waals surface area contributed by atoms with Crippen LogP contribution in [-0.4, -0.2) is 40.7 Å². The summed E-state index contributed by atoms with van der Waals surface area (Å²) in [7, 11) is 0. The Morgan fingerprint density at radius 3 is 2.29 bits per heavy atom. The number of hydrazone groups is 1. The fourth-order valence-electron chi connectivity index (χ4n) is 3.45. The van der Waals surface area contributed by atoms with Gasteiger partial charge in [-0.1, -0.05) is 23.7 Å². The number of rotatable bonds is 7. The third-order valence-corrected chi connectivity index (χ3v) is 5.06. The minimum absolute atomic E-state index is 0.101. The van der Waals surface area contributed by atoms with Gasteiger partial charge in [-0.05, 0) is 69.7 Å². The van der Waals surface area contributed by atoms with Crippen LogP contribution in [0.4, 0.5) is 11.4 Å². The minimum Gasteiger partial charge on any atom is -0.460 e. The molecule has 0 amide bonds. The van der Waals surface area contributed by atoms with Crippen LogP contribution in [0.1, 0.15) is 26.3 Å². The largest absolute Gasteiger partial charge is 0.460 e. The van der Waals surface area contributed by atoms with Crippen molar-refractivity contribution in [3.8, 4) is 0 Å². The van der Waals surface area contributed by atoms with Crippen molar-refractivity contribution in [1.82, 2.24) is 5.01 Å². The first-order chi connectivity index (χ1) is 14.7. The van der Waals surface area contributed by atoms with E-state index in [1.165, 1.54) is 23.9 Å². The highest BCUT2D eigenvalue weighted by Crippen LogP contribution is 2.36. The summed E-state index contributed by atoms with van der Waals surface area (Å²) in [5.41, 5.74) is 3.01. The zero-order chi connectivity index (χ0) is 22.8. The molecule has 0 aliphatic carbocycles.